The number of carbonyl (C=O) groups excluding carboxylic acids is 1. The van der Waals surface area contributed by atoms with Gasteiger partial charge in [-0.25, -0.2) is 4.79 Å². The normalized spacial score (nSPS) is 18.2. The van der Waals surface area contributed by atoms with Crippen molar-refractivity contribution in [2.24, 2.45) is 4.99 Å². The van der Waals surface area contributed by atoms with Crippen LogP contribution in [0, 0.1) is 0 Å². The molecule has 2 aromatic rings. The minimum absolute atomic E-state index is 0.298. The molecule has 1 aromatic carbocycles. The maximum absolute atomic E-state index is 12.5. The lowest BCUT2D eigenvalue weighted by atomic mass is 9.95. The zero-order valence-electron chi connectivity index (χ0n) is 16.6. The molecular weight excluding hydrogens is 352 g/mol. The number of esters is 1. The predicted octanol–water partition coefficient (Wildman–Crippen LogP) is 3.09. The first-order chi connectivity index (χ1) is 13.7. The maximum atomic E-state index is 12.5. The van der Waals surface area contributed by atoms with Crippen LogP contribution in [-0.4, -0.2) is 42.0 Å². The molecule has 6 heteroatoms. The molecule has 0 amide bonds. The Hall–Kier alpha value is -3.15. The van der Waals surface area contributed by atoms with Crippen LogP contribution < -0.4 is 5.32 Å². The van der Waals surface area contributed by atoms with Crippen LogP contribution in [0.2, 0.25) is 0 Å². The van der Waals surface area contributed by atoms with E-state index in [1.54, 1.807) is 6.20 Å². The van der Waals surface area contributed by atoms with Gasteiger partial charge in [-0.2, -0.15) is 0 Å². The third-order valence-electron chi connectivity index (χ3n) is 4.85. The molecule has 3 rings (SSSR count). The number of hydrogen-bond donors (Lipinski definition) is 1. The predicted molar refractivity (Wildman–Crippen MR) is 110 cm³/mol. The highest BCUT2D eigenvalue weighted by atomic mass is 16.5. The molecule has 146 valence electrons. The Morgan fingerprint density at radius 1 is 1.25 bits per heavy atom. The number of rotatable bonds is 6. The Bertz CT molecular complexity index is 863. The van der Waals surface area contributed by atoms with E-state index in [9.17, 15) is 4.79 Å². The van der Waals surface area contributed by atoms with E-state index in [0.29, 0.717) is 18.7 Å². The summed E-state index contributed by atoms with van der Waals surface area (Å²) in [6.45, 7) is 5.32. The Morgan fingerprint density at radius 3 is 2.68 bits per heavy atom. The fourth-order valence-corrected chi connectivity index (χ4v) is 3.42. The highest BCUT2D eigenvalue weighted by Crippen LogP contribution is 2.31. The minimum atomic E-state index is -0.327. The number of aromatic nitrogens is 1. The molecule has 1 atom stereocenters. The minimum Gasteiger partial charge on any atom is -0.466 e. The molecule has 0 bridgehead atoms. The summed E-state index contributed by atoms with van der Waals surface area (Å²) in [7, 11) is 1.42. The van der Waals surface area contributed by atoms with Crippen molar-refractivity contribution in [1.82, 2.24) is 15.2 Å². The molecule has 28 heavy (non-hydrogen) atoms. The van der Waals surface area contributed by atoms with Crippen molar-refractivity contribution in [3.8, 4) is 0 Å². The molecule has 0 aliphatic carbocycles. The third-order valence-corrected chi connectivity index (χ3v) is 4.85. The van der Waals surface area contributed by atoms with Gasteiger partial charge in [0.25, 0.3) is 0 Å². The van der Waals surface area contributed by atoms with Gasteiger partial charge in [-0.05, 0) is 37.5 Å². The number of pyridine rings is 1. The number of hydrogen-bond acceptors (Lipinski definition) is 4. The quantitative estimate of drug-likeness (QED) is 0.783. The van der Waals surface area contributed by atoms with Crippen molar-refractivity contribution in [1.29, 1.82) is 0 Å². The van der Waals surface area contributed by atoms with Crippen LogP contribution in [0.3, 0.4) is 0 Å². The molecule has 0 saturated heterocycles. The summed E-state index contributed by atoms with van der Waals surface area (Å²) in [4.78, 5) is 23.5. The van der Waals surface area contributed by atoms with Crippen LogP contribution in [0.1, 0.15) is 31.0 Å². The molecule has 0 unspecified atom stereocenters. The van der Waals surface area contributed by atoms with Crippen LogP contribution >= 0.6 is 0 Å². The maximum Gasteiger partial charge on any atom is 0.337 e. The molecule has 1 aliphatic rings. The monoisotopic (exact) mass is 378 g/mol. The van der Waals surface area contributed by atoms with E-state index >= 15 is 0 Å². The fraction of sp³-hybridized carbons (Fsp3) is 0.318. The Morgan fingerprint density at radius 2 is 2.04 bits per heavy atom. The first-order valence-corrected chi connectivity index (χ1v) is 9.47. The summed E-state index contributed by atoms with van der Waals surface area (Å²) in [6, 6.07) is 13.6. The van der Waals surface area contributed by atoms with Gasteiger partial charge < -0.3 is 15.0 Å². The number of methoxy groups -OCH3 is 1. The number of nitrogens with one attached hydrogen (secondary N) is 1. The highest BCUT2D eigenvalue weighted by Gasteiger charge is 2.34. The zero-order chi connectivity index (χ0) is 19.9. The van der Waals surface area contributed by atoms with Crippen LogP contribution in [0.4, 0.5) is 0 Å². The van der Waals surface area contributed by atoms with Crippen LogP contribution in [0.15, 0.2) is 71.1 Å². The van der Waals surface area contributed by atoms with Gasteiger partial charge in [0, 0.05) is 31.2 Å². The van der Waals surface area contributed by atoms with Gasteiger partial charge in [0.05, 0.1) is 18.7 Å². The van der Waals surface area contributed by atoms with E-state index in [1.165, 1.54) is 7.11 Å². The van der Waals surface area contributed by atoms with Gasteiger partial charge in [-0.1, -0.05) is 36.4 Å². The molecule has 2 heterocycles. The first-order valence-electron chi connectivity index (χ1n) is 9.47. The van der Waals surface area contributed by atoms with Crippen LogP contribution in [0.5, 0.6) is 0 Å². The average molecular weight is 378 g/mol. The van der Waals surface area contributed by atoms with Crippen LogP contribution in [-0.2, 0) is 16.0 Å². The molecule has 0 spiro atoms. The van der Waals surface area contributed by atoms with Crippen LogP contribution in [0.25, 0.3) is 0 Å². The number of ether oxygens (including phenoxy) is 1. The van der Waals surface area contributed by atoms with Gasteiger partial charge in [0.1, 0.15) is 0 Å². The van der Waals surface area contributed by atoms with Crippen molar-refractivity contribution < 1.29 is 9.53 Å². The summed E-state index contributed by atoms with van der Waals surface area (Å²) >= 11 is 0. The Kier molecular flexibility index (Phi) is 6.42. The SMILES string of the molecule is CCN1C(=NCCc2cccnc2)N[C@@H](c2ccccc2)C(C(=O)OC)=C1C. The van der Waals surface area contributed by atoms with E-state index in [-0.39, 0.29) is 12.0 Å². The summed E-state index contributed by atoms with van der Waals surface area (Å²) in [5.41, 5.74) is 3.62. The van der Waals surface area contributed by atoms with Gasteiger partial charge in [-0.15, -0.1) is 0 Å². The second-order valence-corrected chi connectivity index (χ2v) is 6.54. The molecule has 6 nitrogen and oxygen atoms in total. The summed E-state index contributed by atoms with van der Waals surface area (Å²) < 4.78 is 5.07. The van der Waals surface area contributed by atoms with E-state index < -0.39 is 0 Å². The van der Waals surface area contributed by atoms with Gasteiger partial charge in [-0.3, -0.25) is 9.98 Å². The average Bonchev–Trinajstić information content (AvgIpc) is 2.74. The lowest BCUT2D eigenvalue weighted by Crippen LogP contribution is -2.49. The smallest absolute Gasteiger partial charge is 0.337 e. The standard InChI is InChI=1S/C22H26N4O2/c1-4-26-16(2)19(21(27)28-3)20(18-10-6-5-7-11-18)25-22(26)24-14-12-17-9-8-13-23-15-17/h5-11,13,15,20H,4,12,14H2,1-3H3,(H,24,25)/t20-/m0/s1. The summed E-state index contributed by atoms with van der Waals surface area (Å²) in [5.74, 6) is 0.442. The Balaban J connectivity index is 1.92. The van der Waals surface area contributed by atoms with E-state index in [0.717, 1.165) is 29.2 Å². The number of allylic oxidation sites excluding steroid dienone is 1. The highest BCUT2D eigenvalue weighted by molar-refractivity contribution is 5.96. The van der Waals surface area contributed by atoms with Crippen molar-refractivity contribution in [3.05, 3.63) is 77.3 Å². The number of carbonyl (C=O) groups is 1. The summed E-state index contributed by atoms with van der Waals surface area (Å²) in [6.07, 6.45) is 4.43. The van der Waals surface area contributed by atoms with Gasteiger partial charge in [0.2, 0.25) is 0 Å². The number of aliphatic imine (C=N–C) groups is 1. The molecule has 0 radical (unpaired) electrons. The van der Waals surface area contributed by atoms with Crippen molar-refractivity contribution in [2.45, 2.75) is 26.3 Å². The molecule has 1 aliphatic heterocycles. The topological polar surface area (TPSA) is 66.8 Å². The molecular formula is C22H26N4O2. The lowest BCUT2D eigenvalue weighted by molar-refractivity contribution is -0.136. The second-order valence-electron chi connectivity index (χ2n) is 6.54. The third kappa shape index (κ3) is 4.22. The van der Waals surface area contributed by atoms with Crippen molar-refractivity contribution in [3.63, 3.8) is 0 Å². The number of benzene rings is 1. The van der Waals surface area contributed by atoms with Crippen molar-refractivity contribution in [2.75, 3.05) is 20.2 Å². The molecule has 1 N–H and O–H groups in total. The van der Waals surface area contributed by atoms with Gasteiger partial charge in [0.15, 0.2) is 5.96 Å². The fourth-order valence-electron chi connectivity index (χ4n) is 3.42. The van der Waals surface area contributed by atoms with Gasteiger partial charge >= 0.3 is 5.97 Å². The van der Waals surface area contributed by atoms with E-state index in [2.05, 4.69) is 10.3 Å². The van der Waals surface area contributed by atoms with E-state index in [1.807, 2.05) is 67.4 Å². The summed E-state index contributed by atoms with van der Waals surface area (Å²) in [5, 5.41) is 3.45. The Labute approximate surface area is 166 Å². The molecule has 0 fully saturated rings. The second kappa shape index (κ2) is 9.17. The van der Waals surface area contributed by atoms with E-state index in [4.69, 9.17) is 9.73 Å². The lowest BCUT2D eigenvalue weighted by Gasteiger charge is -2.37. The first kappa shape index (κ1) is 19.6. The largest absolute Gasteiger partial charge is 0.466 e. The number of guanidine groups is 1. The zero-order valence-corrected chi connectivity index (χ0v) is 16.6. The molecule has 1 aromatic heterocycles. The van der Waals surface area contributed by atoms with Crippen molar-refractivity contribution >= 4 is 11.9 Å². The number of nitrogens with zero attached hydrogens (tertiary/aromatic N) is 3. The molecule has 0 saturated carbocycles.